The summed E-state index contributed by atoms with van der Waals surface area (Å²) in [6.45, 7) is 13.2. The van der Waals surface area contributed by atoms with Crippen molar-refractivity contribution >= 4 is 11.6 Å². The second-order valence-electron chi connectivity index (χ2n) is 6.80. The molecule has 2 N–H and O–H groups in total. The van der Waals surface area contributed by atoms with Crippen molar-refractivity contribution in [3.8, 4) is 0 Å². The Morgan fingerprint density at radius 3 is 2.62 bits per heavy atom. The van der Waals surface area contributed by atoms with Crippen LogP contribution >= 0.6 is 0 Å². The van der Waals surface area contributed by atoms with Gasteiger partial charge in [-0.15, -0.1) is 0 Å². The molecule has 118 valence electrons. The lowest BCUT2D eigenvalue weighted by atomic mass is 9.95. The van der Waals surface area contributed by atoms with Gasteiger partial charge in [0.15, 0.2) is 0 Å². The number of hydrogen-bond acceptors (Lipinski definition) is 5. The van der Waals surface area contributed by atoms with E-state index in [-0.39, 0.29) is 5.41 Å². The van der Waals surface area contributed by atoms with Gasteiger partial charge < -0.3 is 15.4 Å². The van der Waals surface area contributed by atoms with Gasteiger partial charge >= 0.3 is 0 Å². The zero-order valence-corrected chi connectivity index (χ0v) is 13.9. The smallest absolute Gasteiger partial charge is 0.138 e. The second-order valence-corrected chi connectivity index (χ2v) is 6.80. The largest absolute Gasteiger partial charge is 0.381 e. The number of aromatic nitrogens is 2. The predicted molar refractivity (Wildman–Crippen MR) is 86.9 cm³/mol. The Morgan fingerprint density at radius 1 is 1.33 bits per heavy atom. The van der Waals surface area contributed by atoms with Gasteiger partial charge in [-0.2, -0.15) is 0 Å². The lowest BCUT2D eigenvalue weighted by Crippen LogP contribution is -2.27. The first-order valence-corrected chi connectivity index (χ1v) is 7.88. The van der Waals surface area contributed by atoms with E-state index in [1.807, 2.05) is 6.07 Å². The molecule has 21 heavy (non-hydrogen) atoms. The highest BCUT2D eigenvalue weighted by atomic mass is 16.5. The van der Waals surface area contributed by atoms with Crippen LogP contribution in [0.1, 0.15) is 46.9 Å². The topological polar surface area (TPSA) is 59.1 Å². The molecule has 0 bridgehead atoms. The fourth-order valence-corrected chi connectivity index (χ4v) is 2.43. The minimum Gasteiger partial charge on any atom is -0.381 e. The molecule has 1 fully saturated rings. The van der Waals surface area contributed by atoms with Crippen molar-refractivity contribution in [2.24, 2.45) is 5.92 Å². The number of rotatable bonds is 5. The van der Waals surface area contributed by atoms with Crippen LogP contribution in [0.2, 0.25) is 0 Å². The van der Waals surface area contributed by atoms with Gasteiger partial charge in [0.25, 0.3) is 0 Å². The summed E-state index contributed by atoms with van der Waals surface area (Å²) in [5.41, 5.74) is -0.0679. The van der Waals surface area contributed by atoms with Crippen LogP contribution in [0.5, 0.6) is 0 Å². The molecular weight excluding hydrogens is 264 g/mol. The van der Waals surface area contributed by atoms with Gasteiger partial charge in [-0.1, -0.05) is 20.8 Å². The third-order valence-electron chi connectivity index (χ3n) is 3.80. The molecule has 2 rings (SSSR count). The first-order valence-electron chi connectivity index (χ1n) is 7.88. The van der Waals surface area contributed by atoms with E-state index < -0.39 is 0 Å². The monoisotopic (exact) mass is 292 g/mol. The number of anilines is 2. The number of ether oxygens (including phenoxy) is 1. The van der Waals surface area contributed by atoms with E-state index in [1.54, 1.807) is 0 Å². The Labute approximate surface area is 127 Å². The number of nitrogens with one attached hydrogen (secondary N) is 2. The molecule has 2 unspecified atom stereocenters. The molecule has 0 saturated carbocycles. The molecule has 1 aromatic rings. The van der Waals surface area contributed by atoms with Crippen LogP contribution in [0.4, 0.5) is 11.6 Å². The summed E-state index contributed by atoms with van der Waals surface area (Å²) in [7, 11) is 0. The lowest BCUT2D eigenvalue weighted by molar-refractivity contribution is 0.183. The first kappa shape index (κ1) is 16.0. The fraction of sp³-hybridized carbons (Fsp3) is 0.750. The van der Waals surface area contributed by atoms with Crippen molar-refractivity contribution < 1.29 is 4.74 Å². The Hall–Kier alpha value is -1.36. The van der Waals surface area contributed by atoms with Gasteiger partial charge in [0.1, 0.15) is 17.5 Å². The molecule has 1 aliphatic heterocycles. The van der Waals surface area contributed by atoms with Crippen LogP contribution in [0.15, 0.2) is 6.07 Å². The van der Waals surface area contributed by atoms with E-state index in [4.69, 9.17) is 9.72 Å². The summed E-state index contributed by atoms with van der Waals surface area (Å²) in [6, 6.07) is 2.34. The summed E-state index contributed by atoms with van der Waals surface area (Å²) in [6.07, 6.45) is 1.12. The summed E-state index contributed by atoms with van der Waals surface area (Å²) in [5.74, 6) is 3.19. The number of nitrogens with zero attached hydrogens (tertiary/aromatic N) is 2. The highest BCUT2D eigenvalue weighted by molar-refractivity contribution is 5.48. The Morgan fingerprint density at radius 2 is 2.05 bits per heavy atom. The molecule has 1 aliphatic rings. The van der Waals surface area contributed by atoms with Gasteiger partial charge in [0.05, 0.1) is 6.61 Å². The molecule has 2 heterocycles. The minimum absolute atomic E-state index is 0.0679. The lowest BCUT2D eigenvalue weighted by Gasteiger charge is -2.23. The van der Waals surface area contributed by atoms with E-state index >= 15 is 0 Å². The van der Waals surface area contributed by atoms with Crippen molar-refractivity contribution in [2.75, 3.05) is 30.4 Å². The van der Waals surface area contributed by atoms with Crippen LogP contribution in [0.25, 0.3) is 0 Å². The van der Waals surface area contributed by atoms with Gasteiger partial charge in [-0.05, 0) is 20.3 Å². The molecule has 0 amide bonds. The standard InChI is InChI=1S/C16H28N4O/c1-6-17-13-9-14(20-15(19-13)16(3,4)5)18-11(2)12-7-8-21-10-12/h9,11-12H,6-8,10H2,1-5H3,(H2,17,18,19,20). The third kappa shape index (κ3) is 4.30. The third-order valence-corrected chi connectivity index (χ3v) is 3.80. The van der Waals surface area contributed by atoms with Crippen LogP contribution in [-0.2, 0) is 10.2 Å². The molecule has 0 aliphatic carbocycles. The summed E-state index contributed by atoms with van der Waals surface area (Å²) in [5, 5.41) is 6.81. The zero-order chi connectivity index (χ0) is 15.5. The summed E-state index contributed by atoms with van der Waals surface area (Å²) in [4.78, 5) is 9.31. The van der Waals surface area contributed by atoms with Crippen LogP contribution in [-0.4, -0.2) is 35.8 Å². The normalized spacial score (nSPS) is 20.3. The van der Waals surface area contributed by atoms with Crippen LogP contribution in [0.3, 0.4) is 0 Å². The highest BCUT2D eigenvalue weighted by Crippen LogP contribution is 2.24. The van der Waals surface area contributed by atoms with Gasteiger partial charge in [0, 0.05) is 36.6 Å². The van der Waals surface area contributed by atoms with E-state index in [0.29, 0.717) is 12.0 Å². The average molecular weight is 292 g/mol. The molecule has 0 spiro atoms. The summed E-state index contributed by atoms with van der Waals surface area (Å²) >= 11 is 0. The molecule has 2 atom stereocenters. The Kier molecular flexibility index (Phi) is 5.04. The fourth-order valence-electron chi connectivity index (χ4n) is 2.43. The zero-order valence-electron chi connectivity index (χ0n) is 13.9. The SMILES string of the molecule is CCNc1cc(NC(C)C2CCOC2)nc(C(C)(C)C)n1. The van der Waals surface area contributed by atoms with Gasteiger partial charge in [-0.3, -0.25) is 0 Å². The van der Waals surface area contributed by atoms with Crippen LogP contribution < -0.4 is 10.6 Å². The maximum Gasteiger partial charge on any atom is 0.138 e. The van der Waals surface area contributed by atoms with E-state index in [2.05, 4.69) is 50.2 Å². The van der Waals surface area contributed by atoms with E-state index in [0.717, 1.165) is 43.6 Å². The maximum atomic E-state index is 5.47. The number of hydrogen-bond donors (Lipinski definition) is 2. The molecule has 5 heteroatoms. The molecular formula is C16H28N4O. The average Bonchev–Trinajstić information content (AvgIpc) is 2.91. The van der Waals surface area contributed by atoms with Crippen molar-refractivity contribution in [1.29, 1.82) is 0 Å². The van der Waals surface area contributed by atoms with Crippen molar-refractivity contribution in [3.63, 3.8) is 0 Å². The molecule has 1 aromatic heterocycles. The van der Waals surface area contributed by atoms with Crippen molar-refractivity contribution in [3.05, 3.63) is 11.9 Å². The second kappa shape index (κ2) is 6.60. The van der Waals surface area contributed by atoms with Gasteiger partial charge in [-0.25, -0.2) is 9.97 Å². The molecule has 0 radical (unpaired) electrons. The quantitative estimate of drug-likeness (QED) is 0.873. The predicted octanol–water partition coefficient (Wildman–Crippen LogP) is 3.04. The summed E-state index contributed by atoms with van der Waals surface area (Å²) < 4.78 is 5.47. The Balaban J connectivity index is 2.18. The Bertz CT molecular complexity index is 464. The molecule has 1 saturated heterocycles. The van der Waals surface area contributed by atoms with Gasteiger partial charge in [0.2, 0.25) is 0 Å². The van der Waals surface area contributed by atoms with Crippen molar-refractivity contribution in [2.45, 2.75) is 52.5 Å². The van der Waals surface area contributed by atoms with E-state index in [9.17, 15) is 0 Å². The minimum atomic E-state index is -0.0679. The van der Waals surface area contributed by atoms with E-state index in [1.165, 1.54) is 0 Å². The highest BCUT2D eigenvalue weighted by Gasteiger charge is 2.24. The van der Waals surface area contributed by atoms with Crippen LogP contribution in [0, 0.1) is 5.92 Å². The molecule has 5 nitrogen and oxygen atoms in total. The first-order chi connectivity index (χ1) is 9.90. The van der Waals surface area contributed by atoms with Crippen molar-refractivity contribution in [1.82, 2.24) is 9.97 Å². The maximum absolute atomic E-state index is 5.47. The molecule has 0 aromatic carbocycles.